The van der Waals surface area contributed by atoms with Crippen LogP contribution >= 0.6 is 0 Å². The zero-order valence-electron chi connectivity index (χ0n) is 15.4. The van der Waals surface area contributed by atoms with Gasteiger partial charge in [0, 0.05) is 37.2 Å². The summed E-state index contributed by atoms with van der Waals surface area (Å²) >= 11 is 0. The molecule has 0 bridgehead atoms. The maximum Gasteiger partial charge on any atom is 0.253 e. The molecule has 5 heteroatoms. The van der Waals surface area contributed by atoms with Gasteiger partial charge in [0.05, 0.1) is 7.11 Å². The van der Waals surface area contributed by atoms with Crippen LogP contribution in [0.2, 0.25) is 0 Å². The van der Waals surface area contributed by atoms with Crippen LogP contribution in [0.3, 0.4) is 0 Å². The van der Waals surface area contributed by atoms with Crippen molar-refractivity contribution in [3.63, 3.8) is 0 Å². The normalized spacial score (nSPS) is 15.9. The van der Waals surface area contributed by atoms with E-state index in [1.54, 1.807) is 13.2 Å². The van der Waals surface area contributed by atoms with Crippen molar-refractivity contribution >= 4 is 11.8 Å². The van der Waals surface area contributed by atoms with Gasteiger partial charge >= 0.3 is 0 Å². The van der Waals surface area contributed by atoms with Crippen LogP contribution < -0.4 is 4.74 Å². The van der Waals surface area contributed by atoms with E-state index in [2.05, 4.69) is 0 Å². The largest absolute Gasteiger partial charge is 0.496 e. The molecule has 0 saturated carbocycles. The SMILES string of the molecule is COc1ccc(C(=O)N2CCCN(C(=O)C(C)(C)C)CC2)cc1C. The minimum Gasteiger partial charge on any atom is -0.496 e. The number of rotatable bonds is 2. The maximum absolute atomic E-state index is 12.8. The number of amides is 2. The highest BCUT2D eigenvalue weighted by Gasteiger charge is 2.29. The summed E-state index contributed by atoms with van der Waals surface area (Å²) in [5, 5.41) is 0. The van der Waals surface area contributed by atoms with Crippen molar-refractivity contribution in [2.45, 2.75) is 34.1 Å². The molecule has 5 nitrogen and oxygen atoms in total. The number of benzene rings is 1. The summed E-state index contributed by atoms with van der Waals surface area (Å²) in [7, 11) is 1.62. The number of carbonyl (C=O) groups excluding carboxylic acids is 2. The lowest BCUT2D eigenvalue weighted by Gasteiger charge is -2.28. The van der Waals surface area contributed by atoms with Crippen LogP contribution in [0, 0.1) is 12.3 Å². The Morgan fingerprint density at radius 1 is 1.04 bits per heavy atom. The van der Waals surface area contributed by atoms with E-state index in [-0.39, 0.29) is 17.2 Å². The number of methoxy groups -OCH3 is 1. The molecule has 132 valence electrons. The molecule has 0 spiro atoms. The molecular formula is C19H28N2O3. The van der Waals surface area contributed by atoms with Crippen LogP contribution in [0.1, 0.15) is 43.1 Å². The summed E-state index contributed by atoms with van der Waals surface area (Å²) in [5.41, 5.74) is 1.23. The van der Waals surface area contributed by atoms with Crippen molar-refractivity contribution in [3.05, 3.63) is 29.3 Å². The summed E-state index contributed by atoms with van der Waals surface area (Å²) < 4.78 is 5.25. The van der Waals surface area contributed by atoms with Gasteiger partial charge in [-0.25, -0.2) is 0 Å². The molecule has 1 aromatic carbocycles. The minimum absolute atomic E-state index is 0.0193. The van der Waals surface area contributed by atoms with Gasteiger partial charge in [-0.15, -0.1) is 0 Å². The van der Waals surface area contributed by atoms with Crippen molar-refractivity contribution in [1.82, 2.24) is 9.80 Å². The average molecular weight is 332 g/mol. The van der Waals surface area contributed by atoms with E-state index in [0.717, 1.165) is 17.7 Å². The van der Waals surface area contributed by atoms with E-state index in [4.69, 9.17) is 4.74 Å². The van der Waals surface area contributed by atoms with Crippen LogP contribution in [-0.2, 0) is 4.79 Å². The van der Waals surface area contributed by atoms with Crippen molar-refractivity contribution in [2.24, 2.45) is 5.41 Å². The summed E-state index contributed by atoms with van der Waals surface area (Å²) in [6, 6.07) is 5.50. The number of nitrogens with zero attached hydrogens (tertiary/aromatic N) is 2. The first-order chi connectivity index (χ1) is 11.2. The average Bonchev–Trinajstić information content (AvgIpc) is 2.78. The maximum atomic E-state index is 12.8. The molecule has 0 aromatic heterocycles. The molecule has 1 heterocycles. The quantitative estimate of drug-likeness (QED) is 0.837. The summed E-state index contributed by atoms with van der Waals surface area (Å²) in [4.78, 5) is 28.9. The summed E-state index contributed by atoms with van der Waals surface area (Å²) in [5.74, 6) is 0.951. The third-order valence-electron chi connectivity index (χ3n) is 4.35. The van der Waals surface area contributed by atoms with Crippen molar-refractivity contribution in [2.75, 3.05) is 33.3 Å². The lowest BCUT2D eigenvalue weighted by Crippen LogP contribution is -2.42. The molecule has 1 aliphatic rings. The van der Waals surface area contributed by atoms with Gasteiger partial charge in [0.15, 0.2) is 0 Å². The van der Waals surface area contributed by atoms with Crippen LogP contribution in [0.25, 0.3) is 0 Å². The van der Waals surface area contributed by atoms with E-state index in [0.29, 0.717) is 31.7 Å². The Bertz CT molecular complexity index is 620. The third kappa shape index (κ3) is 4.08. The van der Waals surface area contributed by atoms with E-state index < -0.39 is 0 Å². The van der Waals surface area contributed by atoms with Crippen molar-refractivity contribution in [1.29, 1.82) is 0 Å². The monoisotopic (exact) mass is 332 g/mol. The smallest absolute Gasteiger partial charge is 0.253 e. The summed E-state index contributed by atoms with van der Waals surface area (Å²) in [6.45, 7) is 10.3. The van der Waals surface area contributed by atoms with Crippen LogP contribution in [0.15, 0.2) is 18.2 Å². The number of ether oxygens (including phenoxy) is 1. The fourth-order valence-corrected chi connectivity index (χ4v) is 2.99. The Labute approximate surface area is 144 Å². The van der Waals surface area contributed by atoms with Gasteiger partial charge < -0.3 is 14.5 Å². The fraction of sp³-hybridized carbons (Fsp3) is 0.579. The topological polar surface area (TPSA) is 49.9 Å². The van der Waals surface area contributed by atoms with Crippen molar-refractivity contribution < 1.29 is 14.3 Å². The number of hydrogen-bond donors (Lipinski definition) is 0. The number of hydrogen-bond acceptors (Lipinski definition) is 3. The Hall–Kier alpha value is -2.04. The van der Waals surface area contributed by atoms with Gasteiger partial charge in [-0.1, -0.05) is 20.8 Å². The second-order valence-electron chi connectivity index (χ2n) is 7.37. The van der Waals surface area contributed by atoms with Crippen molar-refractivity contribution in [3.8, 4) is 5.75 Å². The Morgan fingerprint density at radius 3 is 2.25 bits per heavy atom. The second kappa shape index (κ2) is 7.24. The highest BCUT2D eigenvalue weighted by atomic mass is 16.5. The van der Waals surface area contributed by atoms with Gasteiger partial charge in [0.2, 0.25) is 5.91 Å². The number of aryl methyl sites for hydroxylation is 1. The molecule has 24 heavy (non-hydrogen) atoms. The lowest BCUT2D eigenvalue weighted by atomic mass is 9.94. The molecule has 0 unspecified atom stereocenters. The standard InChI is InChI=1S/C19H28N2O3/c1-14-13-15(7-8-16(14)24-5)17(22)20-9-6-10-21(12-11-20)18(23)19(2,3)4/h7-8,13H,6,9-12H2,1-5H3. The molecular weight excluding hydrogens is 304 g/mol. The second-order valence-corrected chi connectivity index (χ2v) is 7.37. The number of carbonyl (C=O) groups is 2. The van der Waals surface area contributed by atoms with E-state index in [1.807, 2.05) is 49.6 Å². The van der Waals surface area contributed by atoms with E-state index in [9.17, 15) is 9.59 Å². The highest BCUT2D eigenvalue weighted by molar-refractivity contribution is 5.94. The van der Waals surface area contributed by atoms with Gasteiger partial charge in [-0.3, -0.25) is 9.59 Å². The first-order valence-corrected chi connectivity index (χ1v) is 8.47. The van der Waals surface area contributed by atoms with Gasteiger partial charge in [-0.05, 0) is 37.1 Å². The third-order valence-corrected chi connectivity index (χ3v) is 4.35. The van der Waals surface area contributed by atoms with Crippen LogP contribution in [0.5, 0.6) is 5.75 Å². The van der Waals surface area contributed by atoms with E-state index in [1.165, 1.54) is 0 Å². The predicted molar refractivity (Wildman–Crippen MR) is 94.3 cm³/mol. The Kier molecular flexibility index (Phi) is 5.52. The lowest BCUT2D eigenvalue weighted by molar-refractivity contribution is -0.139. The summed E-state index contributed by atoms with van der Waals surface area (Å²) in [6.07, 6.45) is 0.808. The predicted octanol–water partition coefficient (Wildman–Crippen LogP) is 2.72. The molecule has 0 aliphatic carbocycles. The zero-order chi connectivity index (χ0) is 17.9. The molecule has 0 N–H and O–H groups in total. The van der Waals surface area contributed by atoms with Crippen LogP contribution in [-0.4, -0.2) is 54.9 Å². The zero-order valence-corrected chi connectivity index (χ0v) is 15.4. The molecule has 0 radical (unpaired) electrons. The molecule has 1 aliphatic heterocycles. The molecule has 1 fully saturated rings. The fourth-order valence-electron chi connectivity index (χ4n) is 2.99. The molecule has 1 saturated heterocycles. The Morgan fingerprint density at radius 2 is 1.67 bits per heavy atom. The molecule has 1 aromatic rings. The van der Waals surface area contributed by atoms with E-state index >= 15 is 0 Å². The van der Waals surface area contributed by atoms with Gasteiger partial charge in [0.1, 0.15) is 5.75 Å². The Balaban J connectivity index is 2.07. The molecule has 2 amide bonds. The minimum atomic E-state index is -0.383. The first-order valence-electron chi connectivity index (χ1n) is 8.47. The van der Waals surface area contributed by atoms with Crippen LogP contribution in [0.4, 0.5) is 0 Å². The van der Waals surface area contributed by atoms with Gasteiger partial charge in [-0.2, -0.15) is 0 Å². The first kappa shape index (κ1) is 18.3. The highest BCUT2D eigenvalue weighted by Crippen LogP contribution is 2.21. The molecule has 0 atom stereocenters. The van der Waals surface area contributed by atoms with Gasteiger partial charge in [0.25, 0.3) is 5.91 Å². The molecule has 2 rings (SSSR count).